The minimum atomic E-state index is -0.257. The van der Waals surface area contributed by atoms with Gasteiger partial charge in [0.1, 0.15) is 5.75 Å². The van der Waals surface area contributed by atoms with Gasteiger partial charge < -0.3 is 9.64 Å². The van der Waals surface area contributed by atoms with Crippen LogP contribution in [0.4, 0.5) is 0 Å². The number of hydrogen-bond donors (Lipinski definition) is 0. The molecule has 0 aliphatic carbocycles. The van der Waals surface area contributed by atoms with Crippen molar-refractivity contribution in [2.24, 2.45) is 0 Å². The number of hydrogen-bond acceptors (Lipinski definition) is 2. The molecule has 0 N–H and O–H groups in total. The molecule has 0 aromatic heterocycles. The summed E-state index contributed by atoms with van der Waals surface area (Å²) in [5.41, 5.74) is 0.859. The molecule has 0 aliphatic heterocycles. The molecule has 0 radical (unpaired) electrons. The molecule has 0 saturated heterocycles. The van der Waals surface area contributed by atoms with Gasteiger partial charge in [-0.3, -0.25) is 4.79 Å². The summed E-state index contributed by atoms with van der Waals surface area (Å²) < 4.78 is 5.59. The second-order valence-corrected chi connectivity index (χ2v) is 6.24. The fourth-order valence-electron chi connectivity index (χ4n) is 2.21. The molecule has 2 aromatic carbocycles. The lowest BCUT2D eigenvalue weighted by molar-refractivity contribution is -0.139. The van der Waals surface area contributed by atoms with Crippen molar-refractivity contribution >= 4 is 5.91 Å². The Bertz CT molecular complexity index is 588. The molecule has 116 valence electrons. The first-order valence-electron chi connectivity index (χ1n) is 7.49. The Morgan fingerprint density at radius 2 is 1.50 bits per heavy atom. The molecule has 3 nitrogen and oxygen atoms in total. The number of nitrogens with zero attached hydrogens (tertiary/aromatic N) is 1. The van der Waals surface area contributed by atoms with Crippen molar-refractivity contribution in [1.82, 2.24) is 4.90 Å². The summed E-state index contributed by atoms with van der Waals surface area (Å²) in [6.07, 6.45) is 0. The Balaban J connectivity index is 2.04. The fraction of sp³-hybridized carbons (Fsp3) is 0.316. The molecule has 0 heterocycles. The summed E-state index contributed by atoms with van der Waals surface area (Å²) in [5, 5.41) is 0. The van der Waals surface area contributed by atoms with Gasteiger partial charge in [-0.25, -0.2) is 0 Å². The lowest BCUT2D eigenvalue weighted by Crippen LogP contribution is -2.47. The van der Waals surface area contributed by atoms with Crippen molar-refractivity contribution in [3.8, 4) is 5.75 Å². The Kier molecular flexibility index (Phi) is 5.21. The first kappa shape index (κ1) is 16.1. The number of benzene rings is 2. The van der Waals surface area contributed by atoms with Crippen LogP contribution in [0.3, 0.4) is 0 Å². The van der Waals surface area contributed by atoms with E-state index in [4.69, 9.17) is 4.74 Å². The van der Waals surface area contributed by atoms with Crippen LogP contribution in [0.25, 0.3) is 0 Å². The lowest BCUT2D eigenvalue weighted by atomic mass is 10.0. The maximum absolute atomic E-state index is 12.6. The van der Waals surface area contributed by atoms with Gasteiger partial charge in [0.15, 0.2) is 6.61 Å². The number of rotatable bonds is 5. The maximum atomic E-state index is 12.6. The van der Waals surface area contributed by atoms with Crippen LogP contribution in [-0.4, -0.2) is 23.0 Å². The van der Waals surface area contributed by atoms with Crippen molar-refractivity contribution in [2.75, 3.05) is 6.61 Å². The Morgan fingerprint density at radius 1 is 0.955 bits per heavy atom. The Hall–Kier alpha value is -2.29. The van der Waals surface area contributed by atoms with Crippen molar-refractivity contribution in [3.63, 3.8) is 0 Å². The Labute approximate surface area is 132 Å². The van der Waals surface area contributed by atoms with E-state index in [0.29, 0.717) is 12.3 Å². The molecule has 2 rings (SSSR count). The summed E-state index contributed by atoms with van der Waals surface area (Å²) in [5.74, 6) is 0.699. The first-order chi connectivity index (χ1) is 10.5. The summed E-state index contributed by atoms with van der Waals surface area (Å²) in [4.78, 5) is 14.4. The van der Waals surface area contributed by atoms with Crippen molar-refractivity contribution in [3.05, 3.63) is 66.2 Å². The highest BCUT2D eigenvalue weighted by Gasteiger charge is 2.26. The molecule has 1 amide bonds. The summed E-state index contributed by atoms with van der Waals surface area (Å²) in [6.45, 7) is 6.75. The molecule has 0 aliphatic rings. The summed E-state index contributed by atoms with van der Waals surface area (Å²) >= 11 is 0. The van der Waals surface area contributed by atoms with E-state index in [0.717, 1.165) is 5.56 Å². The predicted octanol–water partition coefficient (Wildman–Crippen LogP) is 3.89. The van der Waals surface area contributed by atoms with Crippen LogP contribution in [0.5, 0.6) is 5.75 Å². The highest BCUT2D eigenvalue weighted by atomic mass is 16.5. The molecule has 0 atom stereocenters. The smallest absolute Gasteiger partial charge is 0.261 e. The van der Waals surface area contributed by atoms with Crippen molar-refractivity contribution in [1.29, 1.82) is 0 Å². The molecule has 0 bridgehead atoms. The molecule has 22 heavy (non-hydrogen) atoms. The minimum Gasteiger partial charge on any atom is -0.484 e. The van der Waals surface area contributed by atoms with Crippen LogP contribution >= 0.6 is 0 Å². The van der Waals surface area contributed by atoms with Gasteiger partial charge in [0.2, 0.25) is 0 Å². The summed E-state index contributed by atoms with van der Waals surface area (Å²) in [7, 11) is 0. The second-order valence-electron chi connectivity index (χ2n) is 6.24. The SMILES string of the molecule is CC(C)(C)N(Cc1ccccc1)C(=O)COc1ccccc1. The maximum Gasteiger partial charge on any atom is 0.261 e. The number of carbonyl (C=O) groups excluding carboxylic acids is 1. The molecule has 0 saturated carbocycles. The number of carbonyl (C=O) groups is 1. The highest BCUT2D eigenvalue weighted by Crippen LogP contribution is 2.18. The second kappa shape index (κ2) is 7.12. The third-order valence-corrected chi connectivity index (χ3v) is 3.40. The lowest BCUT2D eigenvalue weighted by Gasteiger charge is -2.35. The normalized spacial score (nSPS) is 11.0. The van der Waals surface area contributed by atoms with Gasteiger partial charge in [0.05, 0.1) is 0 Å². The summed E-state index contributed by atoms with van der Waals surface area (Å²) in [6, 6.07) is 19.4. The molecular formula is C19H23NO2. The average Bonchev–Trinajstić information content (AvgIpc) is 2.51. The van der Waals surface area contributed by atoms with Crippen LogP contribution in [-0.2, 0) is 11.3 Å². The van der Waals surface area contributed by atoms with Crippen LogP contribution in [0.1, 0.15) is 26.3 Å². The van der Waals surface area contributed by atoms with Gasteiger partial charge in [-0.1, -0.05) is 48.5 Å². The van der Waals surface area contributed by atoms with Gasteiger partial charge in [-0.15, -0.1) is 0 Å². The van der Waals surface area contributed by atoms with E-state index >= 15 is 0 Å². The van der Waals surface area contributed by atoms with E-state index < -0.39 is 0 Å². The van der Waals surface area contributed by atoms with E-state index in [1.54, 1.807) is 0 Å². The molecular weight excluding hydrogens is 274 g/mol. The van der Waals surface area contributed by atoms with Gasteiger partial charge in [0.25, 0.3) is 5.91 Å². The van der Waals surface area contributed by atoms with Gasteiger partial charge in [0, 0.05) is 12.1 Å². The van der Waals surface area contributed by atoms with Gasteiger partial charge in [-0.2, -0.15) is 0 Å². The largest absolute Gasteiger partial charge is 0.484 e. The zero-order valence-corrected chi connectivity index (χ0v) is 13.5. The monoisotopic (exact) mass is 297 g/mol. The minimum absolute atomic E-state index is 0.0137. The first-order valence-corrected chi connectivity index (χ1v) is 7.49. The molecule has 0 spiro atoms. The molecule has 3 heteroatoms. The zero-order valence-electron chi connectivity index (χ0n) is 13.5. The standard InChI is InChI=1S/C19H23NO2/c1-19(2,3)20(14-16-10-6-4-7-11-16)18(21)15-22-17-12-8-5-9-13-17/h4-13H,14-15H2,1-3H3. The molecule has 0 unspecified atom stereocenters. The van der Waals surface area contributed by atoms with Crippen molar-refractivity contribution < 1.29 is 9.53 Å². The van der Waals surface area contributed by atoms with E-state index in [1.165, 1.54) is 0 Å². The molecule has 0 fully saturated rings. The number of ether oxygens (including phenoxy) is 1. The third kappa shape index (κ3) is 4.62. The van der Waals surface area contributed by atoms with Crippen LogP contribution in [0.15, 0.2) is 60.7 Å². The quantitative estimate of drug-likeness (QED) is 0.838. The van der Waals surface area contributed by atoms with Crippen LogP contribution < -0.4 is 4.74 Å². The van der Waals surface area contributed by atoms with E-state index in [9.17, 15) is 4.79 Å². The van der Waals surface area contributed by atoms with E-state index in [1.807, 2.05) is 86.3 Å². The topological polar surface area (TPSA) is 29.5 Å². The van der Waals surface area contributed by atoms with E-state index in [-0.39, 0.29) is 18.1 Å². The molecule has 2 aromatic rings. The van der Waals surface area contributed by atoms with Gasteiger partial charge in [-0.05, 0) is 38.5 Å². The highest BCUT2D eigenvalue weighted by molar-refractivity contribution is 5.78. The van der Waals surface area contributed by atoms with Crippen molar-refractivity contribution in [2.45, 2.75) is 32.9 Å². The fourth-order valence-corrected chi connectivity index (χ4v) is 2.21. The third-order valence-electron chi connectivity index (χ3n) is 3.40. The van der Waals surface area contributed by atoms with Crippen LogP contribution in [0.2, 0.25) is 0 Å². The van der Waals surface area contributed by atoms with E-state index in [2.05, 4.69) is 0 Å². The predicted molar refractivity (Wildman–Crippen MR) is 88.7 cm³/mol. The average molecular weight is 297 g/mol. The zero-order chi connectivity index (χ0) is 16.0. The number of para-hydroxylation sites is 1. The number of amides is 1. The van der Waals surface area contributed by atoms with Crippen LogP contribution in [0, 0.1) is 0 Å². The Morgan fingerprint density at radius 3 is 2.05 bits per heavy atom. The van der Waals surface area contributed by atoms with Gasteiger partial charge >= 0.3 is 0 Å².